The summed E-state index contributed by atoms with van der Waals surface area (Å²) in [6.07, 6.45) is 3.42. The SMILES string of the molecule is Cc1cc(C(C)(C)C)cc(C)c1CC1(CO)CC1. The predicted molar refractivity (Wildman–Crippen MR) is 77.1 cm³/mol. The van der Waals surface area contributed by atoms with Crippen LogP contribution in [0.3, 0.4) is 0 Å². The van der Waals surface area contributed by atoms with Gasteiger partial charge in [-0.3, -0.25) is 0 Å². The largest absolute Gasteiger partial charge is 0.396 e. The number of aliphatic hydroxyl groups is 1. The molecule has 1 N–H and O–H groups in total. The molecule has 100 valence electrons. The molecule has 0 saturated heterocycles. The summed E-state index contributed by atoms with van der Waals surface area (Å²) >= 11 is 0. The Bertz CT molecular complexity index is 424. The first-order chi connectivity index (χ1) is 8.27. The van der Waals surface area contributed by atoms with E-state index < -0.39 is 0 Å². The smallest absolute Gasteiger partial charge is 0.0490 e. The Hall–Kier alpha value is -0.820. The summed E-state index contributed by atoms with van der Waals surface area (Å²) in [7, 11) is 0. The Morgan fingerprint density at radius 2 is 1.61 bits per heavy atom. The number of aliphatic hydroxyl groups excluding tert-OH is 1. The van der Waals surface area contributed by atoms with Crippen LogP contribution in [0.1, 0.15) is 55.9 Å². The summed E-state index contributed by atoms with van der Waals surface area (Å²) in [5.74, 6) is 0. The molecule has 0 spiro atoms. The van der Waals surface area contributed by atoms with Crippen molar-refractivity contribution in [2.24, 2.45) is 5.41 Å². The summed E-state index contributed by atoms with van der Waals surface area (Å²) < 4.78 is 0. The second-order valence-electron chi connectivity index (χ2n) is 7.17. The quantitative estimate of drug-likeness (QED) is 0.857. The highest BCUT2D eigenvalue weighted by atomic mass is 16.3. The van der Waals surface area contributed by atoms with Crippen LogP contribution in [0.5, 0.6) is 0 Å². The predicted octanol–water partition coefficient (Wildman–Crippen LogP) is 3.92. The fraction of sp³-hybridized carbons (Fsp3) is 0.647. The minimum absolute atomic E-state index is 0.207. The highest BCUT2D eigenvalue weighted by Crippen LogP contribution is 2.48. The second-order valence-corrected chi connectivity index (χ2v) is 7.17. The minimum Gasteiger partial charge on any atom is -0.396 e. The molecule has 1 aliphatic carbocycles. The van der Waals surface area contributed by atoms with Crippen molar-refractivity contribution in [1.29, 1.82) is 0 Å². The maximum atomic E-state index is 9.48. The van der Waals surface area contributed by atoms with E-state index in [1.807, 2.05) is 0 Å². The molecular formula is C17H26O. The van der Waals surface area contributed by atoms with E-state index in [0.29, 0.717) is 6.61 Å². The van der Waals surface area contributed by atoms with Crippen LogP contribution in [0.15, 0.2) is 12.1 Å². The Morgan fingerprint density at radius 1 is 1.11 bits per heavy atom. The standard InChI is InChI=1S/C17H26O/c1-12-8-14(16(3,4)5)9-13(2)15(12)10-17(11-18)6-7-17/h8-9,18H,6-7,10-11H2,1-5H3. The molecule has 2 rings (SSSR count). The molecule has 1 aromatic carbocycles. The summed E-state index contributed by atoms with van der Waals surface area (Å²) in [6, 6.07) is 4.66. The van der Waals surface area contributed by atoms with E-state index in [1.165, 1.54) is 35.1 Å². The molecule has 1 aromatic rings. The first-order valence-electron chi connectivity index (χ1n) is 6.99. The van der Waals surface area contributed by atoms with Crippen LogP contribution >= 0.6 is 0 Å². The fourth-order valence-corrected chi connectivity index (χ4v) is 2.65. The topological polar surface area (TPSA) is 20.2 Å². The van der Waals surface area contributed by atoms with Gasteiger partial charge in [-0.1, -0.05) is 32.9 Å². The van der Waals surface area contributed by atoms with Gasteiger partial charge in [0.25, 0.3) is 0 Å². The Morgan fingerprint density at radius 3 is 1.94 bits per heavy atom. The molecular weight excluding hydrogens is 220 g/mol. The molecule has 1 fully saturated rings. The molecule has 1 aliphatic rings. The first kappa shape index (κ1) is 13.6. The van der Waals surface area contributed by atoms with Crippen molar-refractivity contribution in [1.82, 2.24) is 0 Å². The van der Waals surface area contributed by atoms with Crippen molar-refractivity contribution in [3.05, 3.63) is 34.4 Å². The number of benzene rings is 1. The average molecular weight is 246 g/mol. The van der Waals surface area contributed by atoms with Crippen LogP contribution in [-0.2, 0) is 11.8 Å². The lowest BCUT2D eigenvalue weighted by atomic mass is 9.82. The molecule has 0 amide bonds. The van der Waals surface area contributed by atoms with Gasteiger partial charge in [0, 0.05) is 6.61 Å². The van der Waals surface area contributed by atoms with Gasteiger partial charge in [-0.15, -0.1) is 0 Å². The molecule has 0 heterocycles. The van der Waals surface area contributed by atoms with E-state index in [2.05, 4.69) is 46.8 Å². The molecule has 0 atom stereocenters. The van der Waals surface area contributed by atoms with E-state index >= 15 is 0 Å². The fourth-order valence-electron chi connectivity index (χ4n) is 2.65. The van der Waals surface area contributed by atoms with E-state index in [1.54, 1.807) is 0 Å². The van der Waals surface area contributed by atoms with Crippen LogP contribution in [0.25, 0.3) is 0 Å². The third-order valence-electron chi connectivity index (χ3n) is 4.41. The molecule has 0 unspecified atom stereocenters. The maximum absolute atomic E-state index is 9.48. The van der Waals surface area contributed by atoms with Gasteiger partial charge in [0.05, 0.1) is 0 Å². The zero-order chi connectivity index (χ0) is 13.6. The Kier molecular flexibility index (Phi) is 3.31. The zero-order valence-corrected chi connectivity index (χ0v) is 12.4. The van der Waals surface area contributed by atoms with Crippen LogP contribution < -0.4 is 0 Å². The number of rotatable bonds is 3. The molecule has 0 aromatic heterocycles. The van der Waals surface area contributed by atoms with Crippen LogP contribution in [0, 0.1) is 19.3 Å². The van der Waals surface area contributed by atoms with E-state index in [-0.39, 0.29) is 10.8 Å². The van der Waals surface area contributed by atoms with Gasteiger partial charge < -0.3 is 5.11 Å². The molecule has 0 aliphatic heterocycles. The molecule has 18 heavy (non-hydrogen) atoms. The molecule has 1 saturated carbocycles. The number of hydrogen-bond acceptors (Lipinski definition) is 1. The number of aryl methyl sites for hydroxylation is 2. The minimum atomic E-state index is 0.207. The Labute approximate surface area is 111 Å². The van der Waals surface area contributed by atoms with Gasteiger partial charge in [0.1, 0.15) is 0 Å². The van der Waals surface area contributed by atoms with Crippen molar-refractivity contribution in [2.45, 2.75) is 59.3 Å². The van der Waals surface area contributed by atoms with Crippen LogP contribution in [0.2, 0.25) is 0 Å². The zero-order valence-electron chi connectivity index (χ0n) is 12.4. The van der Waals surface area contributed by atoms with Gasteiger partial charge in [-0.05, 0) is 66.2 Å². The summed E-state index contributed by atoms with van der Waals surface area (Å²) in [5, 5.41) is 9.48. The van der Waals surface area contributed by atoms with Gasteiger partial charge in [0.2, 0.25) is 0 Å². The highest BCUT2D eigenvalue weighted by Gasteiger charge is 2.42. The summed E-state index contributed by atoms with van der Waals surface area (Å²) in [4.78, 5) is 0. The van der Waals surface area contributed by atoms with Crippen molar-refractivity contribution in [2.75, 3.05) is 6.61 Å². The first-order valence-corrected chi connectivity index (χ1v) is 6.99. The van der Waals surface area contributed by atoms with E-state index in [4.69, 9.17) is 0 Å². The normalized spacial score (nSPS) is 17.9. The molecule has 1 heteroatoms. The Balaban J connectivity index is 2.33. The molecule has 0 radical (unpaired) electrons. The average Bonchev–Trinajstić information content (AvgIpc) is 3.02. The van der Waals surface area contributed by atoms with Gasteiger partial charge in [-0.25, -0.2) is 0 Å². The monoisotopic (exact) mass is 246 g/mol. The van der Waals surface area contributed by atoms with Crippen molar-refractivity contribution < 1.29 is 5.11 Å². The van der Waals surface area contributed by atoms with Crippen LogP contribution in [-0.4, -0.2) is 11.7 Å². The third kappa shape index (κ3) is 2.61. The molecule has 0 bridgehead atoms. The van der Waals surface area contributed by atoms with E-state index in [0.717, 1.165) is 6.42 Å². The van der Waals surface area contributed by atoms with Gasteiger partial charge in [-0.2, -0.15) is 0 Å². The summed E-state index contributed by atoms with van der Waals surface area (Å²) in [6.45, 7) is 11.5. The van der Waals surface area contributed by atoms with Crippen molar-refractivity contribution in [3.63, 3.8) is 0 Å². The summed E-state index contributed by atoms with van der Waals surface area (Å²) in [5.41, 5.74) is 6.06. The third-order valence-corrected chi connectivity index (χ3v) is 4.41. The lowest BCUT2D eigenvalue weighted by Gasteiger charge is -2.23. The lowest BCUT2D eigenvalue weighted by Crippen LogP contribution is -2.15. The highest BCUT2D eigenvalue weighted by molar-refractivity contribution is 5.41. The number of hydrogen-bond donors (Lipinski definition) is 1. The maximum Gasteiger partial charge on any atom is 0.0490 e. The van der Waals surface area contributed by atoms with Crippen molar-refractivity contribution >= 4 is 0 Å². The second kappa shape index (κ2) is 4.38. The van der Waals surface area contributed by atoms with Crippen molar-refractivity contribution in [3.8, 4) is 0 Å². The lowest BCUT2D eigenvalue weighted by molar-refractivity contribution is 0.211. The molecule has 1 nitrogen and oxygen atoms in total. The van der Waals surface area contributed by atoms with Gasteiger partial charge >= 0.3 is 0 Å². The van der Waals surface area contributed by atoms with Gasteiger partial charge in [0.15, 0.2) is 0 Å². The van der Waals surface area contributed by atoms with Crippen LogP contribution in [0.4, 0.5) is 0 Å². The van der Waals surface area contributed by atoms with E-state index in [9.17, 15) is 5.11 Å².